The Morgan fingerprint density at radius 2 is 1.70 bits per heavy atom. The monoisotopic (exact) mass is 633 g/mol. The van der Waals surface area contributed by atoms with E-state index in [4.69, 9.17) is 25.8 Å². The second kappa shape index (κ2) is 14.4. The number of nitrogens with one attached hydrogen (secondary N) is 1. The number of aliphatic carboxylic acids is 1. The Balaban J connectivity index is 1.56. The molecule has 1 unspecified atom stereocenters. The van der Waals surface area contributed by atoms with Gasteiger partial charge in [0.1, 0.15) is 6.04 Å². The summed E-state index contributed by atoms with van der Waals surface area (Å²) in [5.41, 5.74) is -0.896. The first kappa shape index (κ1) is 32.6. The van der Waals surface area contributed by atoms with E-state index < -0.39 is 41.5 Å². The largest absolute Gasteiger partial charge is 0.481 e. The van der Waals surface area contributed by atoms with E-state index in [-0.39, 0.29) is 63.8 Å². The van der Waals surface area contributed by atoms with Crippen molar-refractivity contribution < 1.29 is 43.3 Å². The van der Waals surface area contributed by atoms with Crippen LogP contribution in [-0.2, 0) is 23.9 Å². The van der Waals surface area contributed by atoms with Crippen molar-refractivity contribution in [3.05, 3.63) is 41.0 Å². The van der Waals surface area contributed by atoms with Crippen molar-refractivity contribution in [1.82, 2.24) is 24.9 Å². The number of benzene rings is 1. The zero-order chi connectivity index (χ0) is 31.9. The molecule has 1 aromatic carbocycles. The first-order valence-corrected chi connectivity index (χ1v) is 14.9. The van der Waals surface area contributed by atoms with Crippen LogP contribution in [0.1, 0.15) is 56.4 Å². The van der Waals surface area contributed by atoms with Crippen molar-refractivity contribution in [1.29, 1.82) is 0 Å². The van der Waals surface area contributed by atoms with Crippen LogP contribution in [0.15, 0.2) is 30.3 Å². The number of hydrogen-bond acceptors (Lipinski definition) is 9. The summed E-state index contributed by atoms with van der Waals surface area (Å²) in [5, 5.41) is 16.7. The van der Waals surface area contributed by atoms with Crippen molar-refractivity contribution in [2.75, 3.05) is 39.4 Å². The van der Waals surface area contributed by atoms with Crippen molar-refractivity contribution in [3.8, 4) is 11.6 Å². The molecule has 2 heterocycles. The lowest BCUT2D eigenvalue weighted by Crippen LogP contribution is -2.56. The molecule has 1 aromatic heterocycles. The van der Waals surface area contributed by atoms with Crippen LogP contribution in [0.5, 0.6) is 5.88 Å². The van der Waals surface area contributed by atoms with Gasteiger partial charge in [-0.1, -0.05) is 17.7 Å². The fraction of sp³-hybridized carbons (Fsp3) is 0.517. The van der Waals surface area contributed by atoms with Crippen LogP contribution in [0.4, 0.5) is 4.79 Å². The van der Waals surface area contributed by atoms with Gasteiger partial charge in [0.25, 0.3) is 5.91 Å². The van der Waals surface area contributed by atoms with Crippen molar-refractivity contribution in [2.24, 2.45) is 0 Å². The van der Waals surface area contributed by atoms with Gasteiger partial charge in [0, 0.05) is 43.7 Å². The summed E-state index contributed by atoms with van der Waals surface area (Å²) in [6, 6.07) is 6.84. The molecule has 1 saturated carbocycles. The highest BCUT2D eigenvalue weighted by Crippen LogP contribution is 2.39. The molecule has 14 nitrogen and oxygen atoms in total. The van der Waals surface area contributed by atoms with Gasteiger partial charge in [0.15, 0.2) is 5.69 Å². The topological polar surface area (TPSA) is 170 Å². The van der Waals surface area contributed by atoms with Crippen LogP contribution < -0.4 is 10.1 Å². The minimum absolute atomic E-state index is 0.0914. The molecule has 0 spiro atoms. The maximum Gasteiger partial charge on any atom is 0.409 e. The van der Waals surface area contributed by atoms with Gasteiger partial charge < -0.3 is 34.4 Å². The molecule has 2 aliphatic rings. The van der Waals surface area contributed by atoms with Gasteiger partial charge in [0.05, 0.1) is 18.9 Å². The van der Waals surface area contributed by atoms with Crippen LogP contribution in [0.2, 0.25) is 5.02 Å². The van der Waals surface area contributed by atoms with Gasteiger partial charge >= 0.3 is 18.0 Å². The average molecular weight is 634 g/mol. The first-order chi connectivity index (χ1) is 21.1. The van der Waals surface area contributed by atoms with E-state index in [1.807, 2.05) is 0 Å². The van der Waals surface area contributed by atoms with Gasteiger partial charge in [-0.25, -0.2) is 14.3 Å². The summed E-state index contributed by atoms with van der Waals surface area (Å²) < 4.78 is 17.8. The number of aromatic nitrogens is 2. The Bertz CT molecular complexity index is 1380. The molecule has 2 aromatic rings. The number of carboxylic acid groups (broad SMARTS) is 1. The molecule has 4 rings (SSSR count). The van der Waals surface area contributed by atoms with Gasteiger partial charge in [-0.05, 0) is 57.7 Å². The standard InChI is InChI=1S/C29H36ClN5O9/c1-3-42-27(40)29(11-6-12-29)44-23-18-22(32-35(23)20-8-5-7-19(30)17-20)25(38)31-21(9-10-24(36)37)26(39)33-13-15-34(16-14-33)28(41)43-4-2/h5,7-8,17-18,21H,3-4,6,9-16H2,1-2H3,(H,31,38)(H,36,37). The molecule has 2 N–H and O–H groups in total. The molecular weight excluding hydrogens is 598 g/mol. The molecule has 15 heteroatoms. The highest BCUT2D eigenvalue weighted by Gasteiger charge is 2.49. The van der Waals surface area contributed by atoms with E-state index >= 15 is 0 Å². The summed E-state index contributed by atoms with van der Waals surface area (Å²) in [7, 11) is 0. The van der Waals surface area contributed by atoms with E-state index in [9.17, 15) is 29.1 Å². The molecule has 1 atom stereocenters. The van der Waals surface area contributed by atoms with Gasteiger partial charge in [-0.2, -0.15) is 5.10 Å². The van der Waals surface area contributed by atoms with E-state index in [2.05, 4.69) is 10.4 Å². The Hall–Kier alpha value is -4.33. The lowest BCUT2D eigenvalue weighted by molar-refractivity contribution is -0.170. The van der Waals surface area contributed by atoms with Gasteiger partial charge in [0.2, 0.25) is 17.4 Å². The number of carbonyl (C=O) groups excluding carboxylic acids is 4. The minimum Gasteiger partial charge on any atom is -0.481 e. The Morgan fingerprint density at radius 1 is 1.02 bits per heavy atom. The summed E-state index contributed by atoms with van der Waals surface area (Å²) in [4.78, 5) is 66.1. The number of halogens is 1. The number of carbonyl (C=O) groups is 5. The highest BCUT2D eigenvalue weighted by molar-refractivity contribution is 6.30. The van der Waals surface area contributed by atoms with Crippen LogP contribution in [-0.4, -0.2) is 106 Å². The Morgan fingerprint density at radius 3 is 2.30 bits per heavy atom. The predicted octanol–water partition coefficient (Wildman–Crippen LogP) is 2.65. The van der Waals surface area contributed by atoms with Crippen molar-refractivity contribution in [3.63, 3.8) is 0 Å². The van der Waals surface area contributed by atoms with Gasteiger partial charge in [-0.3, -0.25) is 14.4 Å². The third-order valence-electron chi connectivity index (χ3n) is 7.44. The number of amides is 3. The zero-order valence-electron chi connectivity index (χ0n) is 24.6. The highest BCUT2D eigenvalue weighted by atomic mass is 35.5. The number of carboxylic acids is 1. The molecule has 3 amide bonds. The van der Waals surface area contributed by atoms with Crippen LogP contribution >= 0.6 is 11.6 Å². The van der Waals surface area contributed by atoms with Crippen molar-refractivity contribution >= 4 is 41.4 Å². The van der Waals surface area contributed by atoms with Crippen LogP contribution in [0.3, 0.4) is 0 Å². The molecule has 1 saturated heterocycles. The molecule has 1 aliphatic heterocycles. The second-order valence-corrected chi connectivity index (χ2v) is 10.8. The van der Waals surface area contributed by atoms with Crippen LogP contribution in [0.25, 0.3) is 5.69 Å². The van der Waals surface area contributed by atoms with E-state index in [0.717, 1.165) is 6.42 Å². The molecular formula is C29H36ClN5O9. The average Bonchev–Trinajstić information content (AvgIpc) is 3.41. The predicted molar refractivity (Wildman–Crippen MR) is 156 cm³/mol. The maximum atomic E-state index is 13.5. The summed E-state index contributed by atoms with van der Waals surface area (Å²) in [5.74, 6) is -2.78. The third kappa shape index (κ3) is 7.59. The fourth-order valence-corrected chi connectivity index (χ4v) is 5.14. The third-order valence-corrected chi connectivity index (χ3v) is 7.67. The number of ether oxygens (including phenoxy) is 3. The normalized spacial score (nSPS) is 16.3. The Kier molecular flexibility index (Phi) is 10.7. The SMILES string of the molecule is CCOC(=O)N1CCN(C(=O)C(CCC(=O)O)NC(=O)c2cc(OC3(C(=O)OCC)CCC3)n(-c3cccc(Cl)c3)n2)CC1. The minimum atomic E-state index is -1.23. The fourth-order valence-electron chi connectivity index (χ4n) is 4.95. The number of esters is 1. The maximum absolute atomic E-state index is 13.5. The van der Waals surface area contributed by atoms with Gasteiger partial charge in [-0.15, -0.1) is 0 Å². The first-order valence-electron chi connectivity index (χ1n) is 14.5. The Labute approximate surface area is 259 Å². The van der Waals surface area contributed by atoms with E-state index in [0.29, 0.717) is 23.6 Å². The van der Waals surface area contributed by atoms with Crippen molar-refractivity contribution in [2.45, 2.75) is 57.6 Å². The zero-order valence-corrected chi connectivity index (χ0v) is 25.4. The molecule has 1 aliphatic carbocycles. The molecule has 2 fully saturated rings. The number of rotatable bonds is 12. The lowest BCUT2D eigenvalue weighted by atomic mass is 9.80. The van der Waals surface area contributed by atoms with Crippen LogP contribution in [0, 0.1) is 0 Å². The summed E-state index contributed by atoms with van der Waals surface area (Å²) >= 11 is 6.21. The summed E-state index contributed by atoms with van der Waals surface area (Å²) in [6.45, 7) is 4.65. The van der Waals surface area contributed by atoms with E-state index in [1.165, 1.54) is 20.5 Å². The summed E-state index contributed by atoms with van der Waals surface area (Å²) in [6.07, 6.45) is 0.580. The lowest BCUT2D eigenvalue weighted by Gasteiger charge is -2.38. The number of hydrogen-bond donors (Lipinski definition) is 2. The number of nitrogens with zero attached hydrogens (tertiary/aromatic N) is 4. The smallest absolute Gasteiger partial charge is 0.409 e. The molecule has 0 radical (unpaired) electrons. The molecule has 44 heavy (non-hydrogen) atoms. The molecule has 238 valence electrons. The molecule has 0 bridgehead atoms. The second-order valence-electron chi connectivity index (χ2n) is 10.4. The number of piperazine rings is 1. The van der Waals surface area contributed by atoms with E-state index in [1.54, 1.807) is 38.1 Å². The quantitative estimate of drug-likeness (QED) is 0.331.